The molecule has 0 saturated carbocycles. The van der Waals surface area contributed by atoms with Crippen molar-refractivity contribution in [2.75, 3.05) is 12.4 Å². The van der Waals surface area contributed by atoms with Gasteiger partial charge in [-0.15, -0.1) is 0 Å². The van der Waals surface area contributed by atoms with Crippen LogP contribution in [0.25, 0.3) is 5.65 Å². The Morgan fingerprint density at radius 1 is 1.23 bits per heavy atom. The van der Waals surface area contributed by atoms with E-state index in [4.69, 9.17) is 4.74 Å². The first-order valence-electron chi connectivity index (χ1n) is 8.40. The Morgan fingerprint density at radius 3 is 2.73 bits per heavy atom. The third-order valence-electron chi connectivity index (χ3n) is 3.75. The molecular formula is C19H23N5O2. The second kappa shape index (κ2) is 7.03. The van der Waals surface area contributed by atoms with Crippen LogP contribution in [0.2, 0.25) is 0 Å². The van der Waals surface area contributed by atoms with E-state index >= 15 is 0 Å². The number of anilines is 1. The molecular weight excluding hydrogens is 330 g/mol. The number of hydrogen-bond acceptors (Lipinski definition) is 5. The minimum Gasteiger partial charge on any atom is -0.496 e. The number of rotatable bonds is 5. The van der Waals surface area contributed by atoms with E-state index < -0.39 is 0 Å². The molecule has 0 radical (unpaired) electrons. The van der Waals surface area contributed by atoms with Gasteiger partial charge in [-0.1, -0.05) is 18.2 Å². The number of nitrogens with one attached hydrogen (secondary N) is 2. The van der Waals surface area contributed by atoms with E-state index in [0.717, 1.165) is 11.3 Å². The molecule has 136 valence electrons. The molecule has 0 aliphatic rings. The first-order valence-corrected chi connectivity index (χ1v) is 8.40. The number of methoxy groups -OCH3 is 1. The molecule has 1 aromatic carbocycles. The quantitative estimate of drug-likeness (QED) is 0.737. The molecule has 0 unspecified atom stereocenters. The van der Waals surface area contributed by atoms with Crippen molar-refractivity contribution in [1.29, 1.82) is 0 Å². The molecule has 0 atom stereocenters. The van der Waals surface area contributed by atoms with Crippen molar-refractivity contribution in [1.82, 2.24) is 19.9 Å². The maximum Gasteiger partial charge on any atom is 0.257 e. The number of para-hydroxylation sites is 1. The minimum atomic E-state index is -0.328. The van der Waals surface area contributed by atoms with Gasteiger partial charge < -0.3 is 15.4 Å². The third kappa shape index (κ3) is 3.93. The predicted molar refractivity (Wildman–Crippen MR) is 101 cm³/mol. The van der Waals surface area contributed by atoms with Crippen LogP contribution in [0.4, 0.5) is 5.82 Å². The van der Waals surface area contributed by atoms with Gasteiger partial charge in [-0.05, 0) is 32.9 Å². The van der Waals surface area contributed by atoms with Gasteiger partial charge in [-0.2, -0.15) is 5.10 Å². The Labute approximate surface area is 152 Å². The molecule has 3 aromatic rings. The number of fused-ring (bicyclic) bond motifs is 1. The molecule has 26 heavy (non-hydrogen) atoms. The van der Waals surface area contributed by atoms with Gasteiger partial charge in [0.2, 0.25) is 0 Å². The van der Waals surface area contributed by atoms with E-state index in [2.05, 4.69) is 20.7 Å². The molecule has 0 saturated heterocycles. The van der Waals surface area contributed by atoms with Crippen LogP contribution in [0.3, 0.4) is 0 Å². The van der Waals surface area contributed by atoms with Crippen molar-refractivity contribution < 1.29 is 9.53 Å². The van der Waals surface area contributed by atoms with Gasteiger partial charge in [0.1, 0.15) is 17.1 Å². The number of hydrogen-bond donors (Lipinski definition) is 2. The number of carbonyl (C=O) groups excluding carboxylic acids is 1. The van der Waals surface area contributed by atoms with Gasteiger partial charge in [0.05, 0.1) is 13.3 Å². The zero-order chi connectivity index (χ0) is 18.7. The molecule has 0 fully saturated rings. The summed E-state index contributed by atoms with van der Waals surface area (Å²) in [5.74, 6) is 1.28. The van der Waals surface area contributed by atoms with E-state index in [1.54, 1.807) is 17.8 Å². The summed E-state index contributed by atoms with van der Waals surface area (Å²) in [4.78, 5) is 17.0. The molecule has 2 N–H and O–H groups in total. The molecule has 2 aromatic heterocycles. The summed E-state index contributed by atoms with van der Waals surface area (Å²) < 4.78 is 6.95. The number of aromatic nitrogens is 3. The Bertz CT molecular complexity index is 927. The highest BCUT2D eigenvalue weighted by molar-refractivity contribution is 6.00. The van der Waals surface area contributed by atoms with Gasteiger partial charge in [0.15, 0.2) is 5.65 Å². The lowest BCUT2D eigenvalue weighted by molar-refractivity contribution is 0.0921. The van der Waals surface area contributed by atoms with Gasteiger partial charge in [-0.25, -0.2) is 9.50 Å². The standard InChI is InChI=1S/C19H23N5O2/c1-19(2,3)23-18(25)14-12-21-24-10-9-16(22-17(14)24)20-11-13-7-5-6-8-15(13)26-4/h5-10,12H,11H2,1-4H3,(H,20,22)(H,23,25). The van der Waals surface area contributed by atoms with E-state index in [1.807, 2.05) is 51.1 Å². The predicted octanol–water partition coefficient (Wildman–Crippen LogP) is 2.88. The average molecular weight is 353 g/mol. The fraction of sp³-hybridized carbons (Fsp3) is 0.316. The van der Waals surface area contributed by atoms with Gasteiger partial charge in [0.25, 0.3) is 5.91 Å². The lowest BCUT2D eigenvalue weighted by Crippen LogP contribution is -2.40. The largest absolute Gasteiger partial charge is 0.496 e. The highest BCUT2D eigenvalue weighted by Crippen LogP contribution is 2.19. The first kappa shape index (κ1) is 17.7. The van der Waals surface area contributed by atoms with E-state index in [9.17, 15) is 4.79 Å². The lowest BCUT2D eigenvalue weighted by atomic mass is 10.1. The molecule has 7 heteroatoms. The third-order valence-corrected chi connectivity index (χ3v) is 3.75. The van der Waals surface area contributed by atoms with Crippen LogP contribution in [-0.2, 0) is 6.54 Å². The van der Waals surface area contributed by atoms with Crippen molar-refractivity contribution in [3.8, 4) is 5.75 Å². The second-order valence-corrected chi connectivity index (χ2v) is 7.01. The summed E-state index contributed by atoms with van der Waals surface area (Å²) >= 11 is 0. The summed E-state index contributed by atoms with van der Waals surface area (Å²) in [5.41, 5.74) is 1.65. The van der Waals surface area contributed by atoms with Crippen LogP contribution < -0.4 is 15.4 Å². The van der Waals surface area contributed by atoms with E-state index in [-0.39, 0.29) is 11.4 Å². The summed E-state index contributed by atoms with van der Waals surface area (Å²) in [6.07, 6.45) is 3.31. The number of nitrogens with zero attached hydrogens (tertiary/aromatic N) is 3. The fourth-order valence-electron chi connectivity index (χ4n) is 2.57. The lowest BCUT2D eigenvalue weighted by Gasteiger charge is -2.19. The van der Waals surface area contributed by atoms with E-state index in [1.165, 1.54) is 6.20 Å². The number of benzene rings is 1. The smallest absolute Gasteiger partial charge is 0.257 e. The number of amides is 1. The molecule has 0 aliphatic carbocycles. The molecule has 3 rings (SSSR count). The average Bonchev–Trinajstić information content (AvgIpc) is 3.02. The molecule has 1 amide bonds. The first-order chi connectivity index (χ1) is 12.4. The monoisotopic (exact) mass is 353 g/mol. The Kier molecular flexibility index (Phi) is 4.79. The highest BCUT2D eigenvalue weighted by Gasteiger charge is 2.19. The second-order valence-electron chi connectivity index (χ2n) is 7.01. The van der Waals surface area contributed by atoms with Crippen LogP contribution >= 0.6 is 0 Å². The molecule has 0 spiro atoms. The van der Waals surface area contributed by atoms with E-state index in [0.29, 0.717) is 23.6 Å². The Morgan fingerprint density at radius 2 is 2.00 bits per heavy atom. The van der Waals surface area contributed by atoms with Crippen molar-refractivity contribution in [3.63, 3.8) is 0 Å². The van der Waals surface area contributed by atoms with Crippen LogP contribution in [0, 0.1) is 0 Å². The number of ether oxygens (including phenoxy) is 1. The summed E-state index contributed by atoms with van der Waals surface area (Å²) in [6, 6.07) is 9.62. The van der Waals surface area contributed by atoms with Gasteiger partial charge in [-0.3, -0.25) is 4.79 Å². The molecule has 0 bridgehead atoms. The zero-order valence-electron chi connectivity index (χ0n) is 15.4. The summed E-state index contributed by atoms with van der Waals surface area (Å²) in [6.45, 7) is 6.36. The SMILES string of the molecule is COc1ccccc1CNc1ccn2ncc(C(=O)NC(C)(C)C)c2n1. The Balaban J connectivity index is 1.82. The van der Waals surface area contributed by atoms with Crippen LogP contribution in [0.1, 0.15) is 36.7 Å². The molecule has 0 aliphatic heterocycles. The minimum absolute atomic E-state index is 0.193. The van der Waals surface area contributed by atoms with Gasteiger partial charge in [0, 0.05) is 23.8 Å². The summed E-state index contributed by atoms with van der Waals surface area (Å²) in [5, 5.41) is 10.4. The molecule has 7 nitrogen and oxygen atoms in total. The van der Waals surface area contributed by atoms with Crippen molar-refractivity contribution in [3.05, 3.63) is 53.9 Å². The fourth-order valence-corrected chi connectivity index (χ4v) is 2.57. The summed E-state index contributed by atoms with van der Waals surface area (Å²) in [7, 11) is 1.65. The maximum atomic E-state index is 12.5. The topological polar surface area (TPSA) is 80.5 Å². The maximum absolute atomic E-state index is 12.5. The molecule has 2 heterocycles. The normalized spacial score (nSPS) is 11.4. The Hall–Kier alpha value is -3.09. The van der Waals surface area contributed by atoms with Crippen LogP contribution in [0.5, 0.6) is 5.75 Å². The van der Waals surface area contributed by atoms with Crippen molar-refractivity contribution >= 4 is 17.4 Å². The van der Waals surface area contributed by atoms with Gasteiger partial charge >= 0.3 is 0 Å². The van der Waals surface area contributed by atoms with Crippen molar-refractivity contribution in [2.45, 2.75) is 32.9 Å². The van der Waals surface area contributed by atoms with Crippen LogP contribution in [0.15, 0.2) is 42.7 Å². The van der Waals surface area contributed by atoms with Crippen LogP contribution in [-0.4, -0.2) is 33.2 Å². The highest BCUT2D eigenvalue weighted by atomic mass is 16.5. The van der Waals surface area contributed by atoms with Crippen molar-refractivity contribution in [2.24, 2.45) is 0 Å². The number of carbonyl (C=O) groups is 1. The zero-order valence-corrected chi connectivity index (χ0v) is 15.4.